The summed E-state index contributed by atoms with van der Waals surface area (Å²) in [4.78, 5) is 8.89. The minimum absolute atomic E-state index is 0. The number of rotatable bonds is 0. The van der Waals surface area contributed by atoms with Crippen LogP contribution < -0.4 is 44.0 Å². The maximum atomic E-state index is 8.89. The van der Waals surface area contributed by atoms with Gasteiger partial charge < -0.3 is 19.2 Å². The maximum Gasteiger partial charge on any atom is 1.00 e. The third-order valence-corrected chi connectivity index (χ3v) is 1.28. The Morgan fingerprint density at radius 2 is 1.64 bits per heavy atom. The van der Waals surface area contributed by atoms with Crippen LogP contribution in [0.3, 0.4) is 0 Å². The zero-order valence-electron chi connectivity index (χ0n) is 8.15. The summed E-state index contributed by atoms with van der Waals surface area (Å²) in [6.07, 6.45) is 0. The van der Waals surface area contributed by atoms with Crippen LogP contribution in [0.1, 0.15) is 6.92 Å². The third-order valence-electron chi connectivity index (χ3n) is 1.28. The first-order valence-corrected chi connectivity index (χ1v) is 3.72. The Morgan fingerprint density at radius 1 is 1.29 bits per heavy atom. The number of hydrogen-bond acceptors (Lipinski definition) is 4. The second-order valence-corrected chi connectivity index (χ2v) is 2.34. The number of hydrogen-bond donors (Lipinski definition) is 0. The first kappa shape index (κ1) is 13.4. The van der Waals surface area contributed by atoms with Crippen LogP contribution in [0.25, 0.3) is 0 Å². The number of fused-ring (bicyclic) bond motifs is 1. The Bertz CT molecular complexity index is 278. The van der Waals surface area contributed by atoms with E-state index in [1.54, 1.807) is 0 Å². The van der Waals surface area contributed by atoms with Crippen LogP contribution in [0, 0.1) is 0 Å². The van der Waals surface area contributed by atoms with Crippen molar-refractivity contribution in [3.8, 4) is 11.5 Å². The molecule has 0 fully saturated rings. The number of carbonyl (C=O) groups is 1. The monoisotopic (exact) mass is 202 g/mol. The molecule has 2 rings (SSSR count). The topological polar surface area (TPSA) is 58.6 Å². The summed E-state index contributed by atoms with van der Waals surface area (Å²) in [5, 5.41) is 8.89. The van der Waals surface area contributed by atoms with Gasteiger partial charge in [0, 0.05) is 5.97 Å². The van der Waals surface area contributed by atoms with Gasteiger partial charge in [-0.1, -0.05) is 12.1 Å². The van der Waals surface area contributed by atoms with Crippen molar-refractivity contribution < 1.29 is 48.8 Å². The van der Waals surface area contributed by atoms with E-state index in [0.717, 1.165) is 18.4 Å². The standard InChI is InChI=1S/C6H5BO2.C2H4O2.Na/c1-2-4-6-5(3-1)8-7-9-6;1-2(3)4;/h1-4,7H;1H3,(H,3,4);/q;;+1/p-1. The van der Waals surface area contributed by atoms with Crippen LogP contribution in [-0.4, -0.2) is 13.7 Å². The molecule has 14 heavy (non-hydrogen) atoms. The number of carboxylic acid groups (broad SMARTS) is 1. The molecule has 1 heterocycles. The molecule has 1 aliphatic rings. The third kappa shape index (κ3) is 4.55. The fourth-order valence-electron chi connectivity index (χ4n) is 0.845. The first-order valence-electron chi connectivity index (χ1n) is 3.72. The molecule has 0 unspecified atom stereocenters. The van der Waals surface area contributed by atoms with E-state index in [-0.39, 0.29) is 29.6 Å². The molecule has 1 aliphatic heterocycles. The van der Waals surface area contributed by atoms with Crippen molar-refractivity contribution in [1.29, 1.82) is 0 Å². The van der Waals surface area contributed by atoms with E-state index < -0.39 is 5.97 Å². The van der Waals surface area contributed by atoms with E-state index in [1.165, 1.54) is 0 Å². The van der Waals surface area contributed by atoms with Crippen LogP contribution in [-0.2, 0) is 4.79 Å². The van der Waals surface area contributed by atoms with Gasteiger partial charge in [0.05, 0.1) is 0 Å². The van der Waals surface area contributed by atoms with Crippen LogP contribution in [0.5, 0.6) is 11.5 Å². The Morgan fingerprint density at radius 3 is 2.00 bits per heavy atom. The Labute approximate surface area is 105 Å². The molecule has 0 spiro atoms. The molecule has 0 bridgehead atoms. The molecule has 6 heteroatoms. The van der Waals surface area contributed by atoms with Crippen LogP contribution >= 0.6 is 0 Å². The van der Waals surface area contributed by atoms with Crippen molar-refractivity contribution >= 4 is 13.7 Å². The molecule has 0 radical (unpaired) electrons. The summed E-state index contributed by atoms with van der Waals surface area (Å²) in [6.45, 7) is 0.972. The van der Waals surface area contributed by atoms with Gasteiger partial charge in [0.1, 0.15) is 11.5 Å². The zero-order chi connectivity index (χ0) is 9.68. The van der Waals surface area contributed by atoms with Crippen molar-refractivity contribution in [2.24, 2.45) is 0 Å². The van der Waals surface area contributed by atoms with Gasteiger partial charge in [0.25, 0.3) is 0 Å². The Balaban J connectivity index is 0.000000299. The molecule has 0 saturated carbocycles. The van der Waals surface area contributed by atoms with Gasteiger partial charge >= 0.3 is 37.2 Å². The minimum Gasteiger partial charge on any atom is -0.550 e. The number of carbonyl (C=O) groups excluding carboxylic acids is 1. The van der Waals surface area contributed by atoms with E-state index in [0.29, 0.717) is 7.69 Å². The largest absolute Gasteiger partial charge is 1.00 e. The van der Waals surface area contributed by atoms with Crippen LogP contribution in [0.4, 0.5) is 0 Å². The maximum absolute atomic E-state index is 8.89. The van der Waals surface area contributed by atoms with Crippen LogP contribution in [0.2, 0.25) is 0 Å². The summed E-state index contributed by atoms with van der Waals surface area (Å²) in [6, 6.07) is 7.63. The SMILES string of the molecule is B1Oc2ccccc2O1.CC(=O)[O-].[Na+]. The Hall–Kier alpha value is -0.645. The second kappa shape index (κ2) is 6.76. The predicted octanol–water partition coefficient (Wildman–Crippen LogP) is -3.52. The van der Waals surface area contributed by atoms with Crippen molar-refractivity contribution in [3.63, 3.8) is 0 Å². The van der Waals surface area contributed by atoms with Gasteiger partial charge in [0.2, 0.25) is 0 Å². The molecule has 0 aliphatic carbocycles. The number of carboxylic acids is 1. The van der Waals surface area contributed by atoms with Gasteiger partial charge in [0.15, 0.2) is 0 Å². The fourth-order valence-corrected chi connectivity index (χ4v) is 0.845. The van der Waals surface area contributed by atoms with Crippen molar-refractivity contribution in [3.05, 3.63) is 24.3 Å². The van der Waals surface area contributed by atoms with Gasteiger partial charge in [-0.15, -0.1) is 0 Å². The van der Waals surface area contributed by atoms with E-state index in [1.807, 2.05) is 24.3 Å². The van der Waals surface area contributed by atoms with Gasteiger partial charge in [-0.05, 0) is 19.1 Å². The quantitative estimate of drug-likeness (QED) is 0.409. The average Bonchev–Trinajstić information content (AvgIpc) is 2.49. The number of benzene rings is 1. The molecule has 0 saturated heterocycles. The van der Waals surface area contributed by atoms with E-state index in [4.69, 9.17) is 19.2 Å². The normalized spacial score (nSPS) is 10.1. The first-order chi connectivity index (χ1) is 6.20. The van der Waals surface area contributed by atoms with E-state index >= 15 is 0 Å². The summed E-state index contributed by atoms with van der Waals surface area (Å²) >= 11 is 0. The summed E-state index contributed by atoms with van der Waals surface area (Å²) in [5.41, 5.74) is 0. The van der Waals surface area contributed by atoms with Gasteiger partial charge in [-0.2, -0.15) is 0 Å². The molecular formula is C8H8BNaO4. The van der Waals surface area contributed by atoms with Crippen molar-refractivity contribution in [2.75, 3.05) is 0 Å². The summed E-state index contributed by atoms with van der Waals surface area (Å²) in [7, 11) is 0.360. The fraction of sp³-hybridized carbons (Fsp3) is 0.125. The average molecular weight is 202 g/mol. The van der Waals surface area contributed by atoms with E-state index in [9.17, 15) is 0 Å². The molecule has 0 N–H and O–H groups in total. The Kier molecular flexibility index (Phi) is 6.45. The summed E-state index contributed by atoms with van der Waals surface area (Å²) in [5.74, 6) is 0.606. The smallest absolute Gasteiger partial charge is 0.550 e. The molecule has 4 nitrogen and oxygen atoms in total. The molecule has 1 aromatic carbocycles. The van der Waals surface area contributed by atoms with Crippen molar-refractivity contribution in [1.82, 2.24) is 0 Å². The predicted molar refractivity (Wildman–Crippen MR) is 45.5 cm³/mol. The zero-order valence-corrected chi connectivity index (χ0v) is 10.1. The number of para-hydroxylation sites is 2. The van der Waals surface area contributed by atoms with E-state index in [2.05, 4.69) is 0 Å². The minimum atomic E-state index is -1.08. The molecule has 0 aromatic heterocycles. The van der Waals surface area contributed by atoms with Gasteiger partial charge in [-0.3, -0.25) is 0 Å². The molecular weight excluding hydrogens is 194 g/mol. The molecule has 68 valence electrons. The molecule has 1 aromatic rings. The summed E-state index contributed by atoms with van der Waals surface area (Å²) < 4.78 is 10.2. The second-order valence-electron chi connectivity index (χ2n) is 2.34. The van der Waals surface area contributed by atoms with Crippen LogP contribution in [0.15, 0.2) is 24.3 Å². The van der Waals surface area contributed by atoms with Crippen molar-refractivity contribution in [2.45, 2.75) is 6.92 Å². The van der Waals surface area contributed by atoms with Gasteiger partial charge in [-0.25, -0.2) is 0 Å². The molecule has 0 atom stereocenters. The number of aliphatic carboxylic acids is 1. The molecule has 0 amide bonds.